The number of carboxylic acids is 3. The Labute approximate surface area is 311 Å². The number of anilines is 2. The fourth-order valence-electron chi connectivity index (χ4n) is 4.63. The molecule has 0 aliphatic carbocycles. The Kier molecular flexibility index (Phi) is 15.7. The third-order valence-corrected chi connectivity index (χ3v) is 7.50. The number of halogens is 9. The number of amides is 1. The number of carbonyl (C=O) groups is 4. The maximum Gasteiger partial charge on any atom is 0.490 e. The van der Waals surface area contributed by atoms with Crippen LogP contribution in [-0.4, -0.2) is 90.3 Å². The lowest BCUT2D eigenvalue weighted by atomic mass is 9.87. The summed E-state index contributed by atoms with van der Waals surface area (Å²) in [6.07, 6.45) is -6.35. The summed E-state index contributed by atoms with van der Waals surface area (Å²) in [6.45, 7) is 8.44. The second-order valence-corrected chi connectivity index (χ2v) is 12.8. The fourth-order valence-corrected chi connectivity index (χ4v) is 4.63. The van der Waals surface area contributed by atoms with E-state index in [4.69, 9.17) is 34.8 Å². The fraction of sp³-hybridized carbons (Fsp3) is 0.382. The van der Waals surface area contributed by atoms with E-state index in [1.54, 1.807) is 10.7 Å². The molecule has 0 bridgehead atoms. The summed E-state index contributed by atoms with van der Waals surface area (Å²) >= 11 is 0. The van der Waals surface area contributed by atoms with E-state index in [1.807, 2.05) is 48.8 Å². The van der Waals surface area contributed by atoms with Gasteiger partial charge in [0, 0.05) is 31.0 Å². The van der Waals surface area contributed by atoms with Gasteiger partial charge in [0.1, 0.15) is 5.82 Å². The second-order valence-electron chi connectivity index (χ2n) is 12.8. The molecule has 4 heterocycles. The highest BCUT2D eigenvalue weighted by atomic mass is 19.4. The van der Waals surface area contributed by atoms with Crippen molar-refractivity contribution >= 4 is 41.1 Å². The number of hydrogen-bond donors (Lipinski definition) is 4. The molecule has 1 saturated heterocycles. The van der Waals surface area contributed by atoms with Crippen LogP contribution in [0.1, 0.15) is 55.1 Å². The van der Waals surface area contributed by atoms with Crippen molar-refractivity contribution in [1.29, 1.82) is 0 Å². The molecule has 0 radical (unpaired) electrons. The van der Waals surface area contributed by atoms with Gasteiger partial charge in [-0.2, -0.15) is 39.5 Å². The molecule has 4 aromatic rings. The van der Waals surface area contributed by atoms with E-state index in [9.17, 15) is 44.3 Å². The number of hydrogen-bond acceptors (Lipinski definition) is 8. The van der Waals surface area contributed by atoms with Crippen molar-refractivity contribution in [3.63, 3.8) is 0 Å². The topological polar surface area (TPSA) is 187 Å². The smallest absolute Gasteiger partial charge is 0.475 e. The third-order valence-electron chi connectivity index (χ3n) is 7.50. The van der Waals surface area contributed by atoms with Gasteiger partial charge in [-0.1, -0.05) is 32.9 Å². The maximum absolute atomic E-state index is 12.7. The molecule has 5 rings (SSSR count). The zero-order valence-corrected chi connectivity index (χ0v) is 29.6. The van der Waals surface area contributed by atoms with E-state index in [1.165, 1.54) is 11.1 Å². The van der Waals surface area contributed by atoms with Crippen molar-refractivity contribution in [2.45, 2.75) is 64.0 Å². The van der Waals surface area contributed by atoms with E-state index in [0.717, 1.165) is 38.2 Å². The van der Waals surface area contributed by atoms with Gasteiger partial charge in [-0.25, -0.2) is 23.9 Å². The number of nitrogens with zero attached hydrogens (tertiary/aromatic N) is 5. The van der Waals surface area contributed by atoms with Crippen molar-refractivity contribution in [3.8, 4) is 0 Å². The standard InChI is InChI=1S/C28H32N6O.3C2HF3O2/c1-28(2,3)23-6-4-22(5-7-23)27(35)31-24-19-34-25(30-24)8-9-26(32-34)33-16-12-21(13-17-33)18-20-10-14-29-15-11-20;3*3-2(4,5)1(6)7/h4-11,14-15,19,21H,12-13,16-18H2,1-3H3,(H,31,35);3*(H,6,7). The van der Waals surface area contributed by atoms with E-state index in [0.29, 0.717) is 22.9 Å². The quantitative estimate of drug-likeness (QED) is 0.152. The molecule has 4 N–H and O–H groups in total. The van der Waals surface area contributed by atoms with Crippen molar-refractivity contribution < 1.29 is 74.0 Å². The van der Waals surface area contributed by atoms with Crippen molar-refractivity contribution in [3.05, 3.63) is 83.8 Å². The zero-order valence-electron chi connectivity index (χ0n) is 29.6. The van der Waals surface area contributed by atoms with E-state index < -0.39 is 36.4 Å². The summed E-state index contributed by atoms with van der Waals surface area (Å²) in [4.78, 5) is 50.4. The molecule has 56 heavy (non-hydrogen) atoms. The van der Waals surface area contributed by atoms with Gasteiger partial charge in [-0.3, -0.25) is 9.78 Å². The molecular weight excluding hydrogens is 775 g/mol. The average molecular weight is 811 g/mol. The molecule has 1 aliphatic heterocycles. The SMILES string of the molecule is CC(C)(C)c1ccc(C(=O)Nc2cn3nc(N4CCC(Cc5ccncc5)CC4)ccc3n2)cc1.O=C(O)C(F)(F)F.O=C(O)C(F)(F)F.O=C(O)C(F)(F)F. The predicted octanol–water partition coefficient (Wildman–Crippen LogP) is 7.03. The van der Waals surface area contributed by atoms with Crippen LogP contribution in [0.25, 0.3) is 5.65 Å². The number of aromatic nitrogens is 4. The van der Waals surface area contributed by atoms with Gasteiger partial charge in [0.05, 0.1) is 6.20 Å². The highest BCUT2D eigenvalue weighted by Gasteiger charge is 2.39. The van der Waals surface area contributed by atoms with Gasteiger partial charge in [-0.15, -0.1) is 5.10 Å². The molecular formula is C34H35F9N6O7. The van der Waals surface area contributed by atoms with Gasteiger partial charge in [0.15, 0.2) is 11.5 Å². The molecule has 0 spiro atoms. The van der Waals surface area contributed by atoms with E-state index >= 15 is 0 Å². The number of benzene rings is 1. The molecule has 0 unspecified atom stereocenters. The minimum absolute atomic E-state index is 0.0505. The monoisotopic (exact) mass is 810 g/mol. The van der Waals surface area contributed by atoms with Gasteiger partial charge >= 0.3 is 36.4 Å². The number of carbonyl (C=O) groups excluding carboxylic acids is 1. The van der Waals surface area contributed by atoms with E-state index in [-0.39, 0.29) is 11.3 Å². The van der Waals surface area contributed by atoms with Crippen molar-refractivity contribution in [1.82, 2.24) is 19.6 Å². The minimum Gasteiger partial charge on any atom is -0.475 e. The highest BCUT2D eigenvalue weighted by molar-refractivity contribution is 6.03. The van der Waals surface area contributed by atoms with Crippen LogP contribution in [0.3, 0.4) is 0 Å². The summed E-state index contributed by atoms with van der Waals surface area (Å²) in [5.74, 6) is -6.33. The Morgan fingerprint density at radius 3 is 1.62 bits per heavy atom. The first-order valence-corrected chi connectivity index (χ1v) is 16.0. The molecule has 306 valence electrons. The van der Waals surface area contributed by atoms with Gasteiger partial charge in [0.2, 0.25) is 0 Å². The largest absolute Gasteiger partial charge is 0.490 e. The number of carboxylic acid groups (broad SMARTS) is 3. The molecule has 1 amide bonds. The summed E-state index contributed by atoms with van der Waals surface area (Å²) in [6, 6.07) is 15.9. The Balaban J connectivity index is 0.000000423. The number of nitrogens with one attached hydrogen (secondary N) is 1. The number of imidazole rings is 1. The highest BCUT2D eigenvalue weighted by Crippen LogP contribution is 2.26. The number of piperidine rings is 1. The average Bonchev–Trinajstić information content (AvgIpc) is 3.50. The normalized spacial score (nSPS) is 13.5. The number of aliphatic carboxylic acids is 3. The van der Waals surface area contributed by atoms with Crippen LogP contribution in [0.15, 0.2) is 67.1 Å². The van der Waals surface area contributed by atoms with Crippen LogP contribution in [0.2, 0.25) is 0 Å². The molecule has 0 saturated carbocycles. The Morgan fingerprint density at radius 1 is 0.732 bits per heavy atom. The number of fused-ring (bicyclic) bond motifs is 1. The van der Waals surface area contributed by atoms with Crippen LogP contribution in [0, 0.1) is 5.92 Å². The van der Waals surface area contributed by atoms with Crippen LogP contribution < -0.4 is 10.2 Å². The van der Waals surface area contributed by atoms with Gasteiger partial charge in [0.25, 0.3) is 5.91 Å². The molecule has 3 aromatic heterocycles. The molecule has 1 aliphatic rings. The van der Waals surface area contributed by atoms with E-state index in [2.05, 4.69) is 53.1 Å². The number of alkyl halides is 9. The first-order valence-electron chi connectivity index (χ1n) is 16.0. The lowest BCUT2D eigenvalue weighted by molar-refractivity contribution is -0.193. The second kappa shape index (κ2) is 19.1. The summed E-state index contributed by atoms with van der Waals surface area (Å²) in [7, 11) is 0. The van der Waals surface area contributed by atoms with Crippen LogP contribution >= 0.6 is 0 Å². The first kappa shape index (κ1) is 46.2. The maximum atomic E-state index is 12.7. The lowest BCUT2D eigenvalue weighted by Crippen LogP contribution is -2.35. The van der Waals surface area contributed by atoms with Gasteiger partial charge in [-0.05, 0) is 78.1 Å². The molecule has 13 nitrogen and oxygen atoms in total. The summed E-state index contributed by atoms with van der Waals surface area (Å²) in [5, 5.41) is 29.0. The van der Waals surface area contributed by atoms with Crippen LogP contribution in [0.4, 0.5) is 51.1 Å². The number of pyridine rings is 1. The first-order chi connectivity index (χ1) is 25.7. The summed E-state index contributed by atoms with van der Waals surface area (Å²) in [5.41, 5.74) is 3.92. The molecule has 1 aromatic carbocycles. The minimum atomic E-state index is -5.08. The van der Waals surface area contributed by atoms with Crippen LogP contribution in [0.5, 0.6) is 0 Å². The van der Waals surface area contributed by atoms with Crippen LogP contribution in [-0.2, 0) is 26.2 Å². The Bertz CT molecular complexity index is 1860. The van der Waals surface area contributed by atoms with Crippen molar-refractivity contribution in [2.24, 2.45) is 5.92 Å². The lowest BCUT2D eigenvalue weighted by Gasteiger charge is -2.32. The molecule has 22 heteroatoms. The summed E-state index contributed by atoms with van der Waals surface area (Å²) < 4.78 is 97.0. The van der Waals surface area contributed by atoms with Crippen molar-refractivity contribution in [2.75, 3.05) is 23.3 Å². The Morgan fingerprint density at radius 2 is 1.20 bits per heavy atom. The predicted molar refractivity (Wildman–Crippen MR) is 180 cm³/mol. The molecule has 1 fully saturated rings. The van der Waals surface area contributed by atoms with Gasteiger partial charge < -0.3 is 25.5 Å². The third kappa shape index (κ3) is 15.4. The molecule has 0 atom stereocenters. The Hall–Kier alpha value is -5.96. The number of rotatable bonds is 5. The zero-order chi connectivity index (χ0) is 42.6.